The number of amides is 1. The number of hydrogen-bond acceptors (Lipinski definition) is 8. The van der Waals surface area contributed by atoms with Crippen LogP contribution in [-0.2, 0) is 20.7 Å². The number of nitro groups is 1. The Labute approximate surface area is 177 Å². The lowest BCUT2D eigenvalue weighted by molar-refractivity contribution is -0.383. The van der Waals surface area contributed by atoms with Crippen LogP contribution in [0, 0.1) is 17.0 Å². The first kappa shape index (κ1) is 21.6. The predicted molar refractivity (Wildman–Crippen MR) is 110 cm³/mol. The molecule has 1 unspecified atom stereocenters. The van der Waals surface area contributed by atoms with Gasteiger partial charge in [-0.2, -0.15) is 4.98 Å². The van der Waals surface area contributed by atoms with E-state index >= 15 is 0 Å². The maximum absolute atomic E-state index is 12.2. The van der Waals surface area contributed by atoms with Gasteiger partial charge in [0.15, 0.2) is 6.10 Å². The molecule has 2 aromatic carbocycles. The number of para-hydroxylation sites is 2. The Balaban J connectivity index is 1.51. The first-order valence-electron chi connectivity index (χ1n) is 9.47. The Kier molecular flexibility index (Phi) is 6.71. The zero-order valence-corrected chi connectivity index (χ0v) is 16.9. The number of rotatable bonds is 8. The molecule has 0 saturated carbocycles. The summed E-state index contributed by atoms with van der Waals surface area (Å²) in [5.41, 5.74) is 1.67. The topological polar surface area (TPSA) is 137 Å². The Morgan fingerprint density at radius 2 is 1.90 bits per heavy atom. The highest BCUT2D eigenvalue weighted by Crippen LogP contribution is 2.23. The zero-order valence-electron chi connectivity index (χ0n) is 16.9. The van der Waals surface area contributed by atoms with Gasteiger partial charge in [-0.15, -0.1) is 0 Å². The highest BCUT2D eigenvalue weighted by atomic mass is 16.6. The van der Waals surface area contributed by atoms with Crippen LogP contribution in [0.2, 0.25) is 0 Å². The average molecular weight is 424 g/mol. The minimum atomic E-state index is -1.14. The van der Waals surface area contributed by atoms with Crippen LogP contribution in [0.5, 0.6) is 0 Å². The van der Waals surface area contributed by atoms with E-state index in [2.05, 4.69) is 15.5 Å². The Bertz CT molecular complexity index is 1090. The molecule has 0 aliphatic heterocycles. The number of nitrogens with zero attached hydrogens (tertiary/aromatic N) is 3. The molecule has 0 aliphatic carbocycles. The van der Waals surface area contributed by atoms with Gasteiger partial charge < -0.3 is 14.6 Å². The van der Waals surface area contributed by atoms with E-state index in [9.17, 15) is 19.7 Å². The third kappa shape index (κ3) is 5.72. The highest BCUT2D eigenvalue weighted by Gasteiger charge is 2.22. The molecular formula is C21H20N4O6. The van der Waals surface area contributed by atoms with Crippen LogP contribution in [0.15, 0.2) is 53.1 Å². The van der Waals surface area contributed by atoms with Gasteiger partial charge in [-0.3, -0.25) is 19.7 Å². The maximum atomic E-state index is 12.2. The number of carbonyl (C=O) groups is 2. The fraction of sp³-hybridized carbons (Fsp3) is 0.238. The van der Waals surface area contributed by atoms with Crippen LogP contribution < -0.4 is 5.32 Å². The summed E-state index contributed by atoms with van der Waals surface area (Å²) in [6.45, 7) is 3.35. The van der Waals surface area contributed by atoms with Crippen LogP contribution in [0.4, 0.5) is 11.4 Å². The molecule has 0 saturated heterocycles. The molecule has 0 radical (unpaired) electrons. The highest BCUT2D eigenvalue weighted by molar-refractivity contribution is 5.96. The zero-order chi connectivity index (χ0) is 22.4. The number of nitrogens with one attached hydrogen (secondary N) is 1. The largest absolute Gasteiger partial charge is 0.453 e. The van der Waals surface area contributed by atoms with Crippen molar-refractivity contribution >= 4 is 23.3 Å². The minimum Gasteiger partial charge on any atom is -0.453 e. The van der Waals surface area contributed by atoms with Crippen molar-refractivity contribution in [3.8, 4) is 11.4 Å². The number of hydrogen-bond donors (Lipinski definition) is 1. The summed E-state index contributed by atoms with van der Waals surface area (Å²) in [5.74, 6) is -0.632. The summed E-state index contributed by atoms with van der Waals surface area (Å²) < 4.78 is 10.3. The standard InChI is InChI=1S/C21H20N4O6/c1-13-7-9-15(10-8-13)20-23-18(31-24-20)11-12-19(26)30-14(2)21(27)22-16-5-3-4-6-17(16)25(28)29/h3-10,14H,11-12H2,1-2H3,(H,22,27). The van der Waals surface area contributed by atoms with E-state index in [1.54, 1.807) is 6.07 Å². The van der Waals surface area contributed by atoms with Gasteiger partial charge in [0, 0.05) is 18.1 Å². The van der Waals surface area contributed by atoms with Gasteiger partial charge in [0.25, 0.3) is 11.6 Å². The van der Waals surface area contributed by atoms with Crippen LogP contribution in [0.25, 0.3) is 11.4 Å². The molecule has 10 heteroatoms. The Hall–Kier alpha value is -4.08. The monoisotopic (exact) mass is 424 g/mol. The van der Waals surface area contributed by atoms with Crippen molar-refractivity contribution in [1.82, 2.24) is 10.1 Å². The molecule has 1 N–H and O–H groups in total. The van der Waals surface area contributed by atoms with Gasteiger partial charge in [-0.05, 0) is 19.9 Å². The molecule has 0 spiro atoms. The van der Waals surface area contributed by atoms with Crippen LogP contribution in [0.3, 0.4) is 0 Å². The van der Waals surface area contributed by atoms with Gasteiger partial charge in [0.1, 0.15) is 5.69 Å². The number of anilines is 1. The van der Waals surface area contributed by atoms with Crippen LogP contribution in [-0.4, -0.2) is 33.0 Å². The molecule has 10 nitrogen and oxygen atoms in total. The molecule has 0 bridgehead atoms. The van der Waals surface area contributed by atoms with Crippen molar-refractivity contribution < 1.29 is 23.8 Å². The fourth-order valence-electron chi connectivity index (χ4n) is 2.67. The molecule has 1 heterocycles. The normalized spacial score (nSPS) is 11.5. The SMILES string of the molecule is Cc1ccc(-c2noc(CCC(=O)OC(C)C(=O)Nc3ccccc3[N+](=O)[O-])n2)cc1. The van der Waals surface area contributed by atoms with E-state index in [-0.39, 0.29) is 30.1 Å². The quantitative estimate of drug-likeness (QED) is 0.330. The van der Waals surface area contributed by atoms with Gasteiger partial charge in [0.2, 0.25) is 11.7 Å². The van der Waals surface area contributed by atoms with E-state index in [4.69, 9.17) is 9.26 Å². The molecule has 1 aromatic heterocycles. The van der Waals surface area contributed by atoms with E-state index < -0.39 is 22.9 Å². The van der Waals surface area contributed by atoms with Crippen molar-refractivity contribution in [2.75, 3.05) is 5.32 Å². The maximum Gasteiger partial charge on any atom is 0.307 e. The Morgan fingerprint density at radius 3 is 2.61 bits per heavy atom. The van der Waals surface area contributed by atoms with E-state index in [0.717, 1.165) is 11.1 Å². The van der Waals surface area contributed by atoms with Crippen molar-refractivity contribution in [3.63, 3.8) is 0 Å². The number of aromatic nitrogens is 2. The second kappa shape index (κ2) is 9.61. The average Bonchev–Trinajstić information content (AvgIpc) is 3.22. The summed E-state index contributed by atoms with van der Waals surface area (Å²) in [4.78, 5) is 39.0. The summed E-state index contributed by atoms with van der Waals surface area (Å²) in [6.07, 6.45) is -1.06. The van der Waals surface area contributed by atoms with Crippen LogP contribution >= 0.6 is 0 Å². The molecule has 0 aliphatic rings. The summed E-state index contributed by atoms with van der Waals surface area (Å²) in [6, 6.07) is 13.3. The second-order valence-corrected chi connectivity index (χ2v) is 6.77. The number of nitro benzene ring substituents is 1. The van der Waals surface area contributed by atoms with Crippen molar-refractivity contribution in [2.45, 2.75) is 32.8 Å². The molecule has 3 rings (SSSR count). The van der Waals surface area contributed by atoms with Gasteiger partial charge in [-0.25, -0.2) is 0 Å². The summed E-state index contributed by atoms with van der Waals surface area (Å²) in [7, 11) is 0. The first-order valence-corrected chi connectivity index (χ1v) is 9.47. The third-order valence-electron chi connectivity index (χ3n) is 4.36. The smallest absolute Gasteiger partial charge is 0.307 e. The first-order chi connectivity index (χ1) is 14.8. The molecule has 3 aromatic rings. The summed E-state index contributed by atoms with van der Waals surface area (Å²) >= 11 is 0. The van der Waals surface area contributed by atoms with E-state index in [0.29, 0.717) is 5.82 Å². The molecule has 1 atom stereocenters. The Morgan fingerprint density at radius 1 is 1.19 bits per heavy atom. The summed E-state index contributed by atoms with van der Waals surface area (Å²) in [5, 5.41) is 17.3. The number of carbonyl (C=O) groups excluding carboxylic acids is 2. The molecule has 0 fully saturated rings. The molecule has 1 amide bonds. The lowest BCUT2D eigenvalue weighted by Gasteiger charge is -2.13. The van der Waals surface area contributed by atoms with Gasteiger partial charge >= 0.3 is 5.97 Å². The number of aryl methyl sites for hydroxylation is 2. The fourth-order valence-corrected chi connectivity index (χ4v) is 2.67. The molecular weight excluding hydrogens is 404 g/mol. The lowest BCUT2D eigenvalue weighted by atomic mass is 10.1. The van der Waals surface area contributed by atoms with E-state index in [1.807, 2.05) is 31.2 Å². The number of esters is 1. The van der Waals surface area contributed by atoms with Crippen molar-refractivity contribution in [3.05, 3.63) is 70.1 Å². The third-order valence-corrected chi connectivity index (χ3v) is 4.36. The second-order valence-electron chi connectivity index (χ2n) is 6.77. The number of ether oxygens (including phenoxy) is 1. The van der Waals surface area contributed by atoms with Crippen molar-refractivity contribution in [2.24, 2.45) is 0 Å². The van der Waals surface area contributed by atoms with Gasteiger partial charge in [0.05, 0.1) is 11.3 Å². The predicted octanol–water partition coefficient (Wildman–Crippen LogP) is 3.46. The van der Waals surface area contributed by atoms with Crippen molar-refractivity contribution in [1.29, 1.82) is 0 Å². The van der Waals surface area contributed by atoms with E-state index in [1.165, 1.54) is 25.1 Å². The minimum absolute atomic E-state index is 0.0231. The number of benzene rings is 2. The molecule has 31 heavy (non-hydrogen) atoms. The van der Waals surface area contributed by atoms with Crippen LogP contribution in [0.1, 0.15) is 24.8 Å². The molecule has 160 valence electrons. The van der Waals surface area contributed by atoms with Gasteiger partial charge in [-0.1, -0.05) is 47.1 Å². The lowest BCUT2D eigenvalue weighted by Crippen LogP contribution is -2.30.